The number of hydrogen-bond acceptors (Lipinski definition) is 6. The Morgan fingerprint density at radius 3 is 2.63 bits per heavy atom. The number of rotatable bonds is 8. The average molecular weight is 516 g/mol. The fourth-order valence-electron chi connectivity index (χ4n) is 4.46. The van der Waals surface area contributed by atoms with Gasteiger partial charge >= 0.3 is 0 Å². The summed E-state index contributed by atoms with van der Waals surface area (Å²) in [6.45, 7) is 4.64. The van der Waals surface area contributed by atoms with Crippen molar-refractivity contribution in [2.75, 3.05) is 30.2 Å². The van der Waals surface area contributed by atoms with Crippen molar-refractivity contribution < 1.29 is 28.6 Å². The molecule has 0 aliphatic carbocycles. The summed E-state index contributed by atoms with van der Waals surface area (Å²) in [4.78, 5) is 39.3. The highest BCUT2D eigenvalue weighted by Gasteiger charge is 2.35. The van der Waals surface area contributed by atoms with Crippen LogP contribution in [0.2, 0.25) is 0 Å². The molecule has 0 radical (unpaired) electrons. The van der Waals surface area contributed by atoms with Crippen LogP contribution in [0, 0.1) is 19.8 Å². The summed E-state index contributed by atoms with van der Waals surface area (Å²) >= 11 is 0. The first-order chi connectivity index (χ1) is 18.4. The Morgan fingerprint density at radius 2 is 1.82 bits per heavy atom. The molecule has 0 unspecified atom stereocenters. The van der Waals surface area contributed by atoms with Crippen LogP contribution < -0.4 is 29.7 Å². The van der Waals surface area contributed by atoms with E-state index < -0.39 is 5.92 Å². The van der Waals surface area contributed by atoms with Crippen LogP contribution in [-0.2, 0) is 20.9 Å². The SMILES string of the molecule is Cc1cccc(NC(=O)COc2ccc(N3C[C@@H](C(=O)NCc4ccc5c(c4)OCO5)CC3=O)cc2)c1C. The molecule has 9 nitrogen and oxygen atoms in total. The van der Waals surface area contributed by atoms with Crippen LogP contribution in [0.4, 0.5) is 11.4 Å². The maximum absolute atomic E-state index is 12.7. The smallest absolute Gasteiger partial charge is 0.262 e. The Hall–Kier alpha value is -4.53. The molecule has 196 valence electrons. The highest BCUT2D eigenvalue weighted by Crippen LogP contribution is 2.32. The predicted molar refractivity (Wildman–Crippen MR) is 141 cm³/mol. The van der Waals surface area contributed by atoms with E-state index in [9.17, 15) is 14.4 Å². The Balaban J connectivity index is 1.11. The molecule has 0 saturated carbocycles. The molecule has 5 rings (SSSR count). The molecule has 1 atom stereocenters. The van der Waals surface area contributed by atoms with E-state index in [1.165, 1.54) is 0 Å². The Bertz CT molecular complexity index is 1370. The van der Waals surface area contributed by atoms with E-state index in [0.29, 0.717) is 36.0 Å². The lowest BCUT2D eigenvalue weighted by Gasteiger charge is -2.17. The van der Waals surface area contributed by atoms with Crippen molar-refractivity contribution >= 4 is 29.1 Å². The molecular weight excluding hydrogens is 486 g/mol. The summed E-state index contributed by atoms with van der Waals surface area (Å²) in [7, 11) is 0. The van der Waals surface area contributed by atoms with Gasteiger partial charge in [-0.1, -0.05) is 18.2 Å². The number of carbonyl (C=O) groups excluding carboxylic acids is 3. The average Bonchev–Trinajstić information content (AvgIpc) is 3.55. The summed E-state index contributed by atoms with van der Waals surface area (Å²) < 4.78 is 16.3. The molecular formula is C29H29N3O6. The van der Waals surface area contributed by atoms with Gasteiger partial charge in [0.2, 0.25) is 18.6 Å². The summed E-state index contributed by atoms with van der Waals surface area (Å²) in [6.07, 6.45) is 0.143. The maximum Gasteiger partial charge on any atom is 0.262 e. The summed E-state index contributed by atoms with van der Waals surface area (Å²) in [5.41, 5.74) is 4.44. The van der Waals surface area contributed by atoms with E-state index >= 15 is 0 Å². The van der Waals surface area contributed by atoms with Crippen molar-refractivity contribution in [1.29, 1.82) is 0 Å². The molecule has 38 heavy (non-hydrogen) atoms. The molecule has 1 fully saturated rings. The topological polar surface area (TPSA) is 106 Å². The molecule has 0 aromatic heterocycles. The van der Waals surface area contributed by atoms with Gasteiger partial charge in [0.25, 0.3) is 5.91 Å². The van der Waals surface area contributed by atoms with Crippen molar-refractivity contribution in [3.05, 3.63) is 77.4 Å². The van der Waals surface area contributed by atoms with Gasteiger partial charge in [-0.3, -0.25) is 14.4 Å². The maximum atomic E-state index is 12.7. The lowest BCUT2D eigenvalue weighted by molar-refractivity contribution is -0.126. The fourth-order valence-corrected chi connectivity index (χ4v) is 4.46. The quantitative estimate of drug-likeness (QED) is 0.474. The van der Waals surface area contributed by atoms with E-state index in [1.54, 1.807) is 29.2 Å². The van der Waals surface area contributed by atoms with Crippen LogP contribution in [0.1, 0.15) is 23.1 Å². The largest absolute Gasteiger partial charge is 0.484 e. The number of carbonyl (C=O) groups is 3. The van der Waals surface area contributed by atoms with Gasteiger partial charge in [-0.15, -0.1) is 0 Å². The zero-order valence-electron chi connectivity index (χ0n) is 21.3. The van der Waals surface area contributed by atoms with E-state index in [2.05, 4.69) is 10.6 Å². The van der Waals surface area contributed by atoms with Gasteiger partial charge in [0.1, 0.15) is 5.75 Å². The lowest BCUT2D eigenvalue weighted by Crippen LogP contribution is -2.32. The molecule has 2 heterocycles. The minimum absolute atomic E-state index is 0.116. The van der Waals surface area contributed by atoms with Crippen molar-refractivity contribution in [3.8, 4) is 17.2 Å². The molecule has 9 heteroatoms. The van der Waals surface area contributed by atoms with Crippen molar-refractivity contribution in [3.63, 3.8) is 0 Å². The van der Waals surface area contributed by atoms with Gasteiger partial charge in [0.05, 0.1) is 5.92 Å². The molecule has 3 aromatic rings. The van der Waals surface area contributed by atoms with E-state index in [4.69, 9.17) is 14.2 Å². The summed E-state index contributed by atoms with van der Waals surface area (Å²) in [5, 5.41) is 5.78. The third-order valence-electron chi connectivity index (χ3n) is 6.80. The first kappa shape index (κ1) is 25.1. The number of ether oxygens (including phenoxy) is 3. The van der Waals surface area contributed by atoms with E-state index in [0.717, 1.165) is 22.4 Å². The van der Waals surface area contributed by atoms with Gasteiger partial charge in [0.15, 0.2) is 18.1 Å². The zero-order chi connectivity index (χ0) is 26.6. The Morgan fingerprint density at radius 1 is 1.03 bits per heavy atom. The molecule has 1 saturated heterocycles. The first-order valence-electron chi connectivity index (χ1n) is 12.4. The monoisotopic (exact) mass is 515 g/mol. The zero-order valence-corrected chi connectivity index (χ0v) is 21.3. The number of aryl methyl sites for hydroxylation is 1. The third-order valence-corrected chi connectivity index (χ3v) is 6.80. The second-order valence-corrected chi connectivity index (χ2v) is 9.39. The number of benzene rings is 3. The molecule has 0 bridgehead atoms. The van der Waals surface area contributed by atoms with Gasteiger partial charge in [-0.05, 0) is 73.0 Å². The Labute approximate surface area is 220 Å². The number of nitrogens with zero attached hydrogens (tertiary/aromatic N) is 1. The highest BCUT2D eigenvalue weighted by atomic mass is 16.7. The molecule has 3 amide bonds. The molecule has 3 aromatic carbocycles. The van der Waals surface area contributed by atoms with Crippen LogP contribution in [0.15, 0.2) is 60.7 Å². The minimum atomic E-state index is -0.443. The fraction of sp³-hybridized carbons (Fsp3) is 0.276. The second kappa shape index (κ2) is 10.8. The van der Waals surface area contributed by atoms with E-state index in [1.807, 2.05) is 50.2 Å². The van der Waals surface area contributed by atoms with Gasteiger partial charge in [0, 0.05) is 30.9 Å². The van der Waals surface area contributed by atoms with Gasteiger partial charge in [-0.25, -0.2) is 0 Å². The number of nitrogens with one attached hydrogen (secondary N) is 2. The number of amides is 3. The third kappa shape index (κ3) is 5.56. The van der Waals surface area contributed by atoms with Crippen LogP contribution in [0.3, 0.4) is 0 Å². The van der Waals surface area contributed by atoms with Gasteiger partial charge in [-0.2, -0.15) is 0 Å². The molecule has 2 N–H and O–H groups in total. The number of hydrogen-bond donors (Lipinski definition) is 2. The van der Waals surface area contributed by atoms with E-state index in [-0.39, 0.29) is 37.5 Å². The Kier molecular flexibility index (Phi) is 7.17. The first-order valence-corrected chi connectivity index (χ1v) is 12.4. The second-order valence-electron chi connectivity index (χ2n) is 9.39. The van der Waals surface area contributed by atoms with Crippen LogP contribution in [-0.4, -0.2) is 37.7 Å². The van der Waals surface area contributed by atoms with Crippen LogP contribution in [0.25, 0.3) is 0 Å². The summed E-state index contributed by atoms with van der Waals surface area (Å²) in [6, 6.07) is 18.2. The summed E-state index contributed by atoms with van der Waals surface area (Å²) in [5.74, 6) is 0.869. The standard InChI is InChI=1S/C29H29N3O6/c1-18-4-3-5-24(19(18)2)31-27(33)16-36-23-9-7-22(8-10-23)32-15-21(13-28(32)34)29(35)30-14-20-6-11-25-26(12-20)38-17-37-25/h3-12,21H,13-17H2,1-2H3,(H,30,35)(H,31,33)/t21-/m0/s1. The number of fused-ring (bicyclic) bond motifs is 1. The lowest BCUT2D eigenvalue weighted by atomic mass is 10.1. The van der Waals surface area contributed by atoms with Crippen molar-refractivity contribution in [1.82, 2.24) is 5.32 Å². The number of anilines is 2. The van der Waals surface area contributed by atoms with Crippen molar-refractivity contribution in [2.24, 2.45) is 5.92 Å². The highest BCUT2D eigenvalue weighted by molar-refractivity contribution is 6.00. The molecule has 2 aliphatic heterocycles. The minimum Gasteiger partial charge on any atom is -0.484 e. The van der Waals surface area contributed by atoms with Crippen molar-refractivity contribution in [2.45, 2.75) is 26.8 Å². The van der Waals surface area contributed by atoms with Crippen LogP contribution >= 0.6 is 0 Å². The molecule has 0 spiro atoms. The normalized spacial score (nSPS) is 15.9. The van der Waals surface area contributed by atoms with Gasteiger partial charge < -0.3 is 29.7 Å². The van der Waals surface area contributed by atoms with Crippen LogP contribution in [0.5, 0.6) is 17.2 Å². The molecule has 2 aliphatic rings. The predicted octanol–water partition coefficient (Wildman–Crippen LogP) is 3.72.